The summed E-state index contributed by atoms with van der Waals surface area (Å²) in [6.45, 7) is 5.41. The summed E-state index contributed by atoms with van der Waals surface area (Å²) in [7, 11) is 1.47. The van der Waals surface area contributed by atoms with E-state index in [-0.39, 0.29) is 28.9 Å². The zero-order valence-electron chi connectivity index (χ0n) is 18.6. The number of nitrogens with zero attached hydrogens (tertiary/aromatic N) is 3. The summed E-state index contributed by atoms with van der Waals surface area (Å²) < 4.78 is 40.9. The van der Waals surface area contributed by atoms with E-state index in [0.29, 0.717) is 41.0 Å². The van der Waals surface area contributed by atoms with Crippen LogP contribution in [0.3, 0.4) is 0 Å². The van der Waals surface area contributed by atoms with Gasteiger partial charge in [0.25, 0.3) is 0 Å². The molecular formula is C24H23ClF2N4O3. The number of carbonyl (C=O) groups is 1. The van der Waals surface area contributed by atoms with Crippen molar-refractivity contribution in [3.05, 3.63) is 59.7 Å². The first-order chi connectivity index (χ1) is 16.3. The van der Waals surface area contributed by atoms with Crippen LogP contribution in [0.4, 0.5) is 20.3 Å². The molecule has 3 aromatic rings. The van der Waals surface area contributed by atoms with Gasteiger partial charge in [-0.3, -0.25) is 4.79 Å². The highest BCUT2D eigenvalue weighted by molar-refractivity contribution is 6.31. The van der Waals surface area contributed by atoms with E-state index >= 15 is 0 Å². The zero-order chi connectivity index (χ0) is 24.4. The number of aromatic nitrogens is 2. The molecule has 0 spiro atoms. The van der Waals surface area contributed by atoms with E-state index in [1.165, 1.54) is 24.4 Å². The number of fused-ring (bicyclic) bond motifs is 1. The van der Waals surface area contributed by atoms with Crippen molar-refractivity contribution in [3.63, 3.8) is 0 Å². The predicted molar refractivity (Wildman–Crippen MR) is 126 cm³/mol. The molecule has 7 nitrogen and oxygen atoms in total. The fraction of sp³-hybridized carbons (Fsp3) is 0.292. The van der Waals surface area contributed by atoms with Crippen molar-refractivity contribution in [1.29, 1.82) is 0 Å². The van der Waals surface area contributed by atoms with Crippen LogP contribution in [-0.2, 0) is 4.79 Å². The van der Waals surface area contributed by atoms with Gasteiger partial charge in [0.2, 0.25) is 5.91 Å². The summed E-state index contributed by atoms with van der Waals surface area (Å²) >= 11 is 6.04. The maximum atomic E-state index is 14.8. The largest absolute Gasteiger partial charge is 0.493 e. The molecule has 0 radical (unpaired) electrons. The number of halogens is 3. The van der Waals surface area contributed by atoms with Gasteiger partial charge in [0.1, 0.15) is 18.2 Å². The van der Waals surface area contributed by atoms with Crippen molar-refractivity contribution in [2.24, 2.45) is 0 Å². The minimum atomic E-state index is -1.40. The lowest BCUT2D eigenvalue weighted by Gasteiger charge is -2.34. The molecule has 1 fully saturated rings. The number of aryl methyl sites for hydroxylation is 1. The fourth-order valence-corrected chi connectivity index (χ4v) is 3.96. The average molecular weight is 489 g/mol. The first kappa shape index (κ1) is 23.7. The molecule has 1 aliphatic rings. The molecule has 0 saturated carbocycles. The Hall–Kier alpha value is -3.46. The SMILES string of the molecule is C=CC(=O)N1CCC(Oc2cc3c(Nc4ccc(C)c(Cl)c4F)ncnc3cc2OC)C(F)C1. The molecule has 1 amide bonds. The number of amides is 1. The number of rotatable bonds is 6. The lowest BCUT2D eigenvalue weighted by Crippen LogP contribution is -2.48. The Morgan fingerprint density at radius 1 is 1.32 bits per heavy atom. The van der Waals surface area contributed by atoms with Crippen LogP contribution in [0, 0.1) is 12.7 Å². The van der Waals surface area contributed by atoms with Crippen LogP contribution < -0.4 is 14.8 Å². The molecule has 10 heteroatoms. The van der Waals surface area contributed by atoms with E-state index in [0.717, 1.165) is 0 Å². The Morgan fingerprint density at radius 3 is 2.82 bits per heavy atom. The first-order valence-electron chi connectivity index (χ1n) is 10.6. The van der Waals surface area contributed by atoms with Gasteiger partial charge in [0.05, 0.1) is 29.9 Å². The third kappa shape index (κ3) is 4.61. The minimum Gasteiger partial charge on any atom is -0.493 e. The third-order valence-corrected chi connectivity index (χ3v) is 6.16. The number of piperidine rings is 1. The summed E-state index contributed by atoms with van der Waals surface area (Å²) in [5.41, 5.74) is 1.28. The van der Waals surface area contributed by atoms with Crippen LogP contribution in [0.25, 0.3) is 10.9 Å². The van der Waals surface area contributed by atoms with E-state index in [2.05, 4.69) is 21.9 Å². The monoisotopic (exact) mass is 488 g/mol. The van der Waals surface area contributed by atoms with Gasteiger partial charge in [-0.05, 0) is 30.7 Å². The number of methoxy groups -OCH3 is 1. The summed E-state index contributed by atoms with van der Waals surface area (Å²) in [5, 5.41) is 3.49. The van der Waals surface area contributed by atoms with Gasteiger partial charge in [0, 0.05) is 24.4 Å². The maximum Gasteiger partial charge on any atom is 0.246 e. The molecule has 0 aliphatic carbocycles. The Kier molecular flexibility index (Phi) is 6.83. The van der Waals surface area contributed by atoms with Crippen molar-refractivity contribution < 1.29 is 23.0 Å². The van der Waals surface area contributed by atoms with Crippen LogP contribution in [0.1, 0.15) is 12.0 Å². The number of nitrogens with one attached hydrogen (secondary N) is 1. The number of carbonyl (C=O) groups excluding carboxylic acids is 1. The standard InChI is InChI=1S/C24H23ClF2N4O3/c1-4-21(32)31-8-7-18(15(26)11-31)34-20-9-14-17(10-19(20)33-3)28-12-29-24(14)30-16-6-5-13(2)22(25)23(16)27/h4-6,9-10,12,15,18H,1,7-8,11H2,2-3H3,(H,28,29,30). The molecule has 1 saturated heterocycles. The van der Waals surface area contributed by atoms with Gasteiger partial charge in [-0.2, -0.15) is 0 Å². The topological polar surface area (TPSA) is 76.6 Å². The number of anilines is 2. The molecule has 2 aromatic carbocycles. The van der Waals surface area contributed by atoms with Crippen molar-refractivity contribution in [3.8, 4) is 11.5 Å². The van der Waals surface area contributed by atoms with Crippen molar-refractivity contribution in [1.82, 2.24) is 14.9 Å². The van der Waals surface area contributed by atoms with Crippen molar-refractivity contribution in [2.45, 2.75) is 25.6 Å². The molecule has 2 atom stereocenters. The molecule has 1 aromatic heterocycles. The highest BCUT2D eigenvalue weighted by Gasteiger charge is 2.33. The van der Waals surface area contributed by atoms with Crippen LogP contribution in [0.5, 0.6) is 11.5 Å². The van der Waals surface area contributed by atoms with Gasteiger partial charge < -0.3 is 19.7 Å². The number of hydrogen-bond acceptors (Lipinski definition) is 6. The van der Waals surface area contributed by atoms with Gasteiger partial charge in [-0.1, -0.05) is 24.2 Å². The summed E-state index contributed by atoms with van der Waals surface area (Å²) in [6.07, 6.45) is 0.619. The Morgan fingerprint density at radius 2 is 2.12 bits per heavy atom. The highest BCUT2D eigenvalue weighted by atomic mass is 35.5. The van der Waals surface area contributed by atoms with Gasteiger partial charge in [-0.25, -0.2) is 18.7 Å². The van der Waals surface area contributed by atoms with Crippen LogP contribution in [0.15, 0.2) is 43.2 Å². The fourth-order valence-electron chi connectivity index (χ4n) is 3.79. The molecule has 34 heavy (non-hydrogen) atoms. The van der Waals surface area contributed by atoms with Crippen molar-refractivity contribution in [2.75, 3.05) is 25.5 Å². The predicted octanol–water partition coefficient (Wildman–Crippen LogP) is 4.99. The Bertz CT molecular complexity index is 1260. The number of likely N-dealkylation sites (tertiary alicyclic amines) is 1. The summed E-state index contributed by atoms with van der Waals surface area (Å²) in [5.74, 6) is 0.0460. The lowest BCUT2D eigenvalue weighted by molar-refractivity contribution is -0.129. The normalized spacial score (nSPS) is 18.0. The average Bonchev–Trinajstić information content (AvgIpc) is 2.84. The van der Waals surface area contributed by atoms with E-state index in [1.54, 1.807) is 31.2 Å². The smallest absolute Gasteiger partial charge is 0.246 e. The number of hydrogen-bond donors (Lipinski definition) is 1. The van der Waals surface area contributed by atoms with Crippen LogP contribution in [-0.4, -0.2) is 53.2 Å². The van der Waals surface area contributed by atoms with E-state index in [9.17, 15) is 13.6 Å². The Labute approximate surface area is 200 Å². The highest BCUT2D eigenvalue weighted by Crippen LogP contribution is 2.37. The number of alkyl halides is 1. The quantitative estimate of drug-likeness (QED) is 0.493. The first-order valence-corrected chi connectivity index (χ1v) is 11.0. The number of ether oxygens (including phenoxy) is 2. The van der Waals surface area contributed by atoms with Gasteiger partial charge >= 0.3 is 0 Å². The maximum absolute atomic E-state index is 14.8. The molecule has 1 N–H and O–H groups in total. The third-order valence-electron chi connectivity index (χ3n) is 5.70. The van der Waals surface area contributed by atoms with E-state index in [1.807, 2.05) is 0 Å². The second-order valence-corrected chi connectivity index (χ2v) is 8.25. The zero-order valence-corrected chi connectivity index (χ0v) is 19.4. The Balaban J connectivity index is 1.65. The summed E-state index contributed by atoms with van der Waals surface area (Å²) in [4.78, 5) is 21.7. The molecule has 178 valence electrons. The van der Waals surface area contributed by atoms with Crippen molar-refractivity contribution >= 4 is 39.9 Å². The molecule has 0 bridgehead atoms. The summed E-state index contributed by atoms with van der Waals surface area (Å²) in [6, 6.07) is 6.52. The van der Waals surface area contributed by atoms with Crippen LogP contribution >= 0.6 is 11.6 Å². The lowest BCUT2D eigenvalue weighted by atomic mass is 10.1. The molecule has 2 heterocycles. The van der Waals surface area contributed by atoms with E-state index < -0.39 is 18.1 Å². The van der Waals surface area contributed by atoms with Gasteiger partial charge in [-0.15, -0.1) is 0 Å². The molecule has 2 unspecified atom stereocenters. The van der Waals surface area contributed by atoms with Gasteiger partial charge in [0.15, 0.2) is 23.5 Å². The minimum absolute atomic E-state index is 0.0179. The van der Waals surface area contributed by atoms with E-state index in [4.69, 9.17) is 21.1 Å². The molecule has 1 aliphatic heterocycles. The molecular weight excluding hydrogens is 466 g/mol. The second kappa shape index (κ2) is 9.80. The number of benzene rings is 2. The van der Waals surface area contributed by atoms with Crippen LogP contribution in [0.2, 0.25) is 5.02 Å². The molecule has 4 rings (SSSR count). The second-order valence-electron chi connectivity index (χ2n) is 7.87.